The average molecular weight is 370 g/mol. The van der Waals surface area contributed by atoms with Crippen LogP contribution >= 0.6 is 23.2 Å². The number of rotatable bonds is 9. The van der Waals surface area contributed by atoms with E-state index in [1.54, 1.807) is 19.2 Å². The Morgan fingerprint density at radius 2 is 1.79 bits per heavy atom. The molecule has 0 radical (unpaired) electrons. The molecule has 2 aromatic carbocycles. The molecule has 6 heteroatoms. The highest BCUT2D eigenvalue weighted by molar-refractivity contribution is 6.42. The van der Waals surface area contributed by atoms with E-state index in [0.29, 0.717) is 34.7 Å². The van der Waals surface area contributed by atoms with Crippen molar-refractivity contribution in [2.24, 2.45) is 0 Å². The van der Waals surface area contributed by atoms with Gasteiger partial charge in [-0.25, -0.2) is 0 Å². The van der Waals surface area contributed by atoms with Crippen LogP contribution in [0.5, 0.6) is 11.5 Å². The maximum Gasteiger partial charge on any atom is 0.161 e. The molecule has 0 atom stereocenters. The number of halogens is 2. The molecule has 0 amide bonds. The van der Waals surface area contributed by atoms with Crippen LogP contribution in [0.2, 0.25) is 10.0 Å². The molecular weight excluding hydrogens is 349 g/mol. The zero-order chi connectivity index (χ0) is 17.4. The van der Waals surface area contributed by atoms with Gasteiger partial charge >= 0.3 is 0 Å². The Morgan fingerprint density at radius 1 is 1.00 bits per heavy atom. The molecule has 0 saturated heterocycles. The van der Waals surface area contributed by atoms with Crippen LogP contribution in [0.25, 0.3) is 0 Å². The normalized spacial score (nSPS) is 10.7. The average Bonchev–Trinajstić information content (AvgIpc) is 2.60. The molecule has 2 rings (SSSR count). The highest BCUT2D eigenvalue weighted by atomic mass is 35.5. The van der Waals surface area contributed by atoms with E-state index < -0.39 is 0 Å². The van der Waals surface area contributed by atoms with Gasteiger partial charge in [0.1, 0.15) is 6.61 Å². The molecule has 2 N–H and O–H groups in total. The van der Waals surface area contributed by atoms with Crippen molar-refractivity contribution in [1.29, 1.82) is 0 Å². The third-order valence-electron chi connectivity index (χ3n) is 3.45. The van der Waals surface area contributed by atoms with Crippen molar-refractivity contribution >= 4 is 23.2 Å². The van der Waals surface area contributed by atoms with Crippen LogP contribution in [-0.2, 0) is 13.2 Å². The molecule has 0 aliphatic heterocycles. The number of hydrogen-bond acceptors (Lipinski definition) is 4. The Morgan fingerprint density at radius 3 is 2.50 bits per heavy atom. The van der Waals surface area contributed by atoms with Crippen LogP contribution in [0.3, 0.4) is 0 Å². The van der Waals surface area contributed by atoms with Crippen LogP contribution in [-0.4, -0.2) is 25.4 Å². The van der Waals surface area contributed by atoms with Crippen molar-refractivity contribution in [3.63, 3.8) is 0 Å². The van der Waals surface area contributed by atoms with Crippen molar-refractivity contribution in [1.82, 2.24) is 5.32 Å². The molecule has 2 aromatic rings. The predicted molar refractivity (Wildman–Crippen MR) is 97.2 cm³/mol. The molecule has 0 unspecified atom stereocenters. The van der Waals surface area contributed by atoms with Crippen molar-refractivity contribution in [2.45, 2.75) is 19.6 Å². The summed E-state index contributed by atoms with van der Waals surface area (Å²) in [6.45, 7) is 2.05. The summed E-state index contributed by atoms with van der Waals surface area (Å²) in [5.41, 5.74) is 2.02. The molecule has 24 heavy (non-hydrogen) atoms. The molecule has 0 spiro atoms. The largest absolute Gasteiger partial charge is 0.493 e. The van der Waals surface area contributed by atoms with E-state index in [2.05, 4.69) is 5.32 Å². The molecular formula is C18H21Cl2NO3. The van der Waals surface area contributed by atoms with E-state index in [-0.39, 0.29) is 6.61 Å². The zero-order valence-corrected chi connectivity index (χ0v) is 15.0. The SMILES string of the molecule is COc1cc(CNCCCO)ccc1OCc1ccc(Cl)c(Cl)c1. The van der Waals surface area contributed by atoms with Crippen molar-refractivity contribution in [3.05, 3.63) is 57.6 Å². The fourth-order valence-electron chi connectivity index (χ4n) is 2.17. The Labute approximate surface area is 152 Å². The third-order valence-corrected chi connectivity index (χ3v) is 4.19. The maximum atomic E-state index is 8.78. The number of aliphatic hydroxyl groups excluding tert-OH is 1. The monoisotopic (exact) mass is 369 g/mol. The summed E-state index contributed by atoms with van der Waals surface area (Å²) in [6, 6.07) is 11.2. The smallest absolute Gasteiger partial charge is 0.161 e. The summed E-state index contributed by atoms with van der Waals surface area (Å²) >= 11 is 11.9. The summed E-state index contributed by atoms with van der Waals surface area (Å²) in [6.07, 6.45) is 0.738. The molecule has 0 fully saturated rings. The van der Waals surface area contributed by atoms with E-state index in [1.807, 2.05) is 24.3 Å². The first kappa shape index (κ1) is 18.9. The molecule has 0 bridgehead atoms. The van der Waals surface area contributed by atoms with Gasteiger partial charge in [-0.3, -0.25) is 0 Å². The summed E-state index contributed by atoms with van der Waals surface area (Å²) in [5, 5.41) is 13.1. The maximum absolute atomic E-state index is 8.78. The number of aliphatic hydroxyl groups is 1. The third kappa shape index (κ3) is 5.56. The molecule has 0 heterocycles. The van der Waals surface area contributed by atoms with Crippen LogP contribution in [0.15, 0.2) is 36.4 Å². The van der Waals surface area contributed by atoms with Crippen LogP contribution < -0.4 is 14.8 Å². The lowest BCUT2D eigenvalue weighted by Crippen LogP contribution is -2.15. The van der Waals surface area contributed by atoms with Gasteiger partial charge in [-0.1, -0.05) is 35.3 Å². The van der Waals surface area contributed by atoms with Gasteiger partial charge in [-0.2, -0.15) is 0 Å². The summed E-state index contributed by atoms with van der Waals surface area (Å²) in [7, 11) is 1.62. The van der Waals surface area contributed by atoms with Crippen molar-refractivity contribution < 1.29 is 14.6 Å². The Kier molecular flexibility index (Phi) is 7.66. The Bertz CT molecular complexity index is 665. The van der Waals surface area contributed by atoms with Crippen LogP contribution in [0.4, 0.5) is 0 Å². The highest BCUT2D eigenvalue weighted by Crippen LogP contribution is 2.29. The predicted octanol–water partition coefficient (Wildman–Crippen LogP) is 4.05. The minimum absolute atomic E-state index is 0.192. The van der Waals surface area contributed by atoms with Crippen molar-refractivity contribution in [2.75, 3.05) is 20.3 Å². The van der Waals surface area contributed by atoms with Gasteiger partial charge in [0.2, 0.25) is 0 Å². The molecule has 0 aromatic heterocycles. The molecule has 0 saturated carbocycles. The highest BCUT2D eigenvalue weighted by Gasteiger charge is 2.07. The first-order valence-electron chi connectivity index (χ1n) is 7.69. The van der Waals surface area contributed by atoms with Gasteiger partial charge in [0.25, 0.3) is 0 Å². The second-order valence-corrected chi connectivity index (χ2v) is 6.09. The van der Waals surface area contributed by atoms with Gasteiger partial charge in [-0.05, 0) is 48.4 Å². The second-order valence-electron chi connectivity index (χ2n) is 5.28. The summed E-state index contributed by atoms with van der Waals surface area (Å²) < 4.78 is 11.2. The molecule has 4 nitrogen and oxygen atoms in total. The molecule has 0 aliphatic rings. The van der Waals surface area contributed by atoms with E-state index in [0.717, 1.165) is 24.1 Å². The van der Waals surface area contributed by atoms with E-state index in [4.69, 9.17) is 37.8 Å². The fraction of sp³-hybridized carbons (Fsp3) is 0.333. The van der Waals surface area contributed by atoms with Crippen molar-refractivity contribution in [3.8, 4) is 11.5 Å². The van der Waals surface area contributed by atoms with Gasteiger partial charge in [0, 0.05) is 13.2 Å². The topological polar surface area (TPSA) is 50.7 Å². The van der Waals surface area contributed by atoms with E-state index >= 15 is 0 Å². The summed E-state index contributed by atoms with van der Waals surface area (Å²) in [5.74, 6) is 1.35. The van der Waals surface area contributed by atoms with Gasteiger partial charge in [-0.15, -0.1) is 0 Å². The minimum atomic E-state index is 0.192. The lowest BCUT2D eigenvalue weighted by molar-refractivity contribution is 0.283. The molecule has 130 valence electrons. The van der Waals surface area contributed by atoms with E-state index in [9.17, 15) is 0 Å². The number of hydrogen-bond donors (Lipinski definition) is 2. The number of benzene rings is 2. The minimum Gasteiger partial charge on any atom is -0.493 e. The van der Waals surface area contributed by atoms with Gasteiger partial charge < -0.3 is 19.9 Å². The van der Waals surface area contributed by atoms with E-state index in [1.165, 1.54) is 0 Å². The quantitative estimate of drug-likeness (QED) is 0.654. The lowest BCUT2D eigenvalue weighted by atomic mass is 10.2. The molecule has 0 aliphatic carbocycles. The van der Waals surface area contributed by atoms with Gasteiger partial charge in [0.15, 0.2) is 11.5 Å². The number of nitrogens with one attached hydrogen (secondary N) is 1. The number of methoxy groups -OCH3 is 1. The van der Waals surface area contributed by atoms with Gasteiger partial charge in [0.05, 0.1) is 17.2 Å². The zero-order valence-electron chi connectivity index (χ0n) is 13.5. The number of ether oxygens (including phenoxy) is 2. The standard InChI is InChI=1S/C18H21Cl2NO3/c1-23-18-10-13(11-21-7-2-8-22)4-6-17(18)24-12-14-3-5-15(19)16(20)9-14/h3-6,9-10,21-22H,2,7-8,11-12H2,1H3. The first-order valence-corrected chi connectivity index (χ1v) is 8.45. The first-order chi connectivity index (χ1) is 11.6. The summed E-state index contributed by atoms with van der Waals surface area (Å²) in [4.78, 5) is 0. The second kappa shape index (κ2) is 9.74. The van der Waals surface area contributed by atoms with Crippen LogP contribution in [0, 0.1) is 0 Å². The fourth-order valence-corrected chi connectivity index (χ4v) is 2.49. The van der Waals surface area contributed by atoms with Crippen LogP contribution in [0.1, 0.15) is 17.5 Å². The Hall–Kier alpha value is -1.46. The lowest BCUT2D eigenvalue weighted by Gasteiger charge is -2.13. The Balaban J connectivity index is 1.97.